The Morgan fingerprint density at radius 2 is 2.12 bits per heavy atom. The average Bonchev–Trinajstić information content (AvgIpc) is 2.27. The van der Waals surface area contributed by atoms with E-state index in [0.717, 1.165) is 13.2 Å². The summed E-state index contributed by atoms with van der Waals surface area (Å²) in [6, 6.07) is 3.68. The lowest BCUT2D eigenvalue weighted by atomic mass is 10.2. The smallest absolute Gasteiger partial charge is 0.341 e. The molecule has 0 aliphatic carbocycles. The van der Waals surface area contributed by atoms with Gasteiger partial charge in [-0.25, -0.2) is 23.1 Å². The highest BCUT2D eigenvalue weighted by Crippen LogP contribution is 2.26. The first-order valence-electron chi connectivity index (χ1n) is 4.24. The first kappa shape index (κ1) is 13.0. The predicted octanol–water partition coefficient (Wildman–Crippen LogP) is 0.0879. The van der Waals surface area contributed by atoms with Crippen molar-refractivity contribution in [2.24, 2.45) is 10.1 Å². The number of nitrogens with two attached hydrogens (primary N) is 1. The monoisotopic (exact) mass is 256 g/mol. The van der Waals surface area contributed by atoms with E-state index < -0.39 is 20.9 Å². The minimum absolute atomic E-state index is 0.168. The van der Waals surface area contributed by atoms with E-state index >= 15 is 0 Å². The lowest BCUT2D eigenvalue weighted by Gasteiger charge is -2.07. The number of hydrogen-bond donors (Lipinski definition) is 1. The molecule has 0 aliphatic heterocycles. The quantitative estimate of drug-likeness (QED) is 0.467. The Bertz CT molecular complexity index is 602. The molecule has 0 saturated carbocycles. The van der Waals surface area contributed by atoms with Crippen LogP contribution in [-0.2, 0) is 19.6 Å². The molecule has 2 N–H and O–H groups in total. The van der Waals surface area contributed by atoms with Crippen LogP contribution < -0.4 is 5.14 Å². The summed E-state index contributed by atoms with van der Waals surface area (Å²) >= 11 is 0. The van der Waals surface area contributed by atoms with Crippen LogP contribution in [0.2, 0.25) is 0 Å². The molecule has 90 valence electrons. The third-order valence-electron chi connectivity index (χ3n) is 1.87. The maximum atomic E-state index is 11.4. The summed E-state index contributed by atoms with van der Waals surface area (Å²) in [5.41, 5.74) is -0.556. The lowest BCUT2D eigenvalue weighted by molar-refractivity contribution is 0.0597. The van der Waals surface area contributed by atoms with Crippen molar-refractivity contribution >= 4 is 27.8 Å². The van der Waals surface area contributed by atoms with E-state index in [1.807, 2.05) is 0 Å². The molecule has 0 aliphatic rings. The molecular weight excluding hydrogens is 248 g/mol. The molecule has 1 aromatic carbocycles. The van der Waals surface area contributed by atoms with Gasteiger partial charge in [-0.15, -0.1) is 0 Å². The van der Waals surface area contributed by atoms with Gasteiger partial charge in [-0.2, -0.15) is 4.99 Å². The summed E-state index contributed by atoms with van der Waals surface area (Å²) in [6.45, 7) is 0. The summed E-state index contributed by atoms with van der Waals surface area (Å²) in [7, 11) is -3.05. The number of hydrogen-bond acceptors (Lipinski definition) is 6. The van der Waals surface area contributed by atoms with Crippen molar-refractivity contribution < 1.29 is 22.7 Å². The number of primary sulfonamides is 1. The summed E-state index contributed by atoms with van der Waals surface area (Å²) < 4.78 is 26.9. The first-order chi connectivity index (χ1) is 7.91. The maximum absolute atomic E-state index is 11.4. The normalized spacial score (nSPS) is 10.5. The van der Waals surface area contributed by atoms with Gasteiger partial charge in [0, 0.05) is 0 Å². The third-order valence-corrected chi connectivity index (χ3v) is 2.82. The van der Waals surface area contributed by atoms with Gasteiger partial charge in [0.25, 0.3) is 0 Å². The number of benzene rings is 1. The summed E-state index contributed by atoms with van der Waals surface area (Å²) in [6.07, 6.45) is 1.21. The van der Waals surface area contributed by atoms with Crippen molar-refractivity contribution in [2.75, 3.05) is 7.11 Å². The minimum Gasteiger partial charge on any atom is -0.465 e. The number of methoxy groups -OCH3 is 1. The Labute approximate surface area is 97.0 Å². The van der Waals surface area contributed by atoms with Crippen LogP contribution >= 0.6 is 0 Å². The van der Waals surface area contributed by atoms with Gasteiger partial charge >= 0.3 is 5.97 Å². The topological polar surface area (TPSA) is 116 Å². The molecule has 0 atom stereocenters. The fourth-order valence-electron chi connectivity index (χ4n) is 1.21. The van der Waals surface area contributed by atoms with Crippen molar-refractivity contribution in [3.63, 3.8) is 0 Å². The van der Waals surface area contributed by atoms with Gasteiger partial charge in [-0.05, 0) is 12.1 Å². The van der Waals surface area contributed by atoms with Crippen molar-refractivity contribution in [1.82, 2.24) is 0 Å². The zero-order valence-electron chi connectivity index (χ0n) is 8.71. The third kappa shape index (κ3) is 2.76. The second-order valence-corrected chi connectivity index (χ2v) is 4.42. The van der Waals surface area contributed by atoms with Crippen molar-refractivity contribution in [1.29, 1.82) is 0 Å². The average molecular weight is 256 g/mol. The van der Waals surface area contributed by atoms with Gasteiger partial charge in [0.1, 0.15) is 5.56 Å². The highest BCUT2D eigenvalue weighted by Gasteiger charge is 2.23. The lowest BCUT2D eigenvalue weighted by Crippen LogP contribution is -2.17. The fraction of sp³-hybridized carbons (Fsp3) is 0.111. The largest absolute Gasteiger partial charge is 0.465 e. The molecule has 17 heavy (non-hydrogen) atoms. The molecule has 0 radical (unpaired) electrons. The van der Waals surface area contributed by atoms with Crippen LogP contribution in [0.1, 0.15) is 10.4 Å². The van der Waals surface area contributed by atoms with Crippen LogP contribution in [0.3, 0.4) is 0 Å². The van der Waals surface area contributed by atoms with Gasteiger partial charge in [0.05, 0.1) is 17.7 Å². The molecule has 0 unspecified atom stereocenters. The summed E-state index contributed by atoms with van der Waals surface area (Å²) in [4.78, 5) is 24.4. The Hall–Kier alpha value is -2.02. The molecular formula is C9H8N2O5S. The number of ether oxygens (including phenoxy) is 1. The van der Waals surface area contributed by atoms with E-state index in [4.69, 9.17) is 5.14 Å². The second kappa shape index (κ2) is 4.88. The maximum Gasteiger partial charge on any atom is 0.341 e. The molecule has 0 aromatic heterocycles. The van der Waals surface area contributed by atoms with Crippen molar-refractivity contribution in [3.8, 4) is 0 Å². The Morgan fingerprint density at radius 3 is 2.59 bits per heavy atom. The predicted molar refractivity (Wildman–Crippen MR) is 56.9 cm³/mol. The number of rotatable bonds is 3. The SMILES string of the molecule is COC(=O)c1c(N=C=O)cccc1S(N)(=O)=O. The van der Waals surface area contributed by atoms with Gasteiger partial charge in [-0.3, -0.25) is 0 Å². The highest BCUT2D eigenvalue weighted by atomic mass is 32.2. The van der Waals surface area contributed by atoms with Crippen LogP contribution in [-0.4, -0.2) is 27.6 Å². The van der Waals surface area contributed by atoms with Crippen LogP contribution in [0.4, 0.5) is 5.69 Å². The number of isocyanates is 1. The summed E-state index contributed by atoms with van der Waals surface area (Å²) in [5, 5.41) is 4.94. The highest BCUT2D eigenvalue weighted by molar-refractivity contribution is 7.89. The molecule has 0 spiro atoms. The van der Waals surface area contributed by atoms with Crippen molar-refractivity contribution in [3.05, 3.63) is 23.8 Å². The Morgan fingerprint density at radius 1 is 1.47 bits per heavy atom. The summed E-state index contributed by atoms with van der Waals surface area (Å²) in [5.74, 6) is -0.955. The fourth-order valence-corrected chi connectivity index (χ4v) is 1.95. The molecule has 0 bridgehead atoms. The van der Waals surface area contributed by atoms with Crippen LogP contribution in [0, 0.1) is 0 Å². The number of aliphatic imine (C=N–C) groups is 1. The molecule has 0 amide bonds. The Balaban J connectivity index is 3.68. The van der Waals surface area contributed by atoms with E-state index in [0.29, 0.717) is 0 Å². The van der Waals surface area contributed by atoms with E-state index in [1.54, 1.807) is 0 Å². The molecule has 7 nitrogen and oxygen atoms in total. The van der Waals surface area contributed by atoms with E-state index in [9.17, 15) is 18.0 Å². The number of nitrogens with zero attached hydrogens (tertiary/aromatic N) is 1. The zero-order chi connectivity index (χ0) is 13.1. The Kier molecular flexibility index (Phi) is 3.74. The number of sulfonamides is 1. The molecule has 1 aromatic rings. The zero-order valence-corrected chi connectivity index (χ0v) is 9.52. The molecule has 8 heteroatoms. The van der Waals surface area contributed by atoms with E-state index in [1.165, 1.54) is 18.2 Å². The standard InChI is InChI=1S/C9H8N2O5S/c1-16-9(13)8-6(11-5-12)3-2-4-7(8)17(10,14)15/h2-4H,1H3,(H2,10,14,15). The van der Waals surface area contributed by atoms with Gasteiger partial charge in [0.2, 0.25) is 16.1 Å². The van der Waals surface area contributed by atoms with Crippen LogP contribution in [0.15, 0.2) is 28.1 Å². The van der Waals surface area contributed by atoms with Crippen molar-refractivity contribution in [2.45, 2.75) is 4.90 Å². The second-order valence-electron chi connectivity index (χ2n) is 2.89. The van der Waals surface area contributed by atoms with Crippen LogP contribution in [0.5, 0.6) is 0 Å². The molecule has 0 fully saturated rings. The van der Waals surface area contributed by atoms with Crippen LogP contribution in [0.25, 0.3) is 0 Å². The van der Waals surface area contributed by atoms with Gasteiger partial charge < -0.3 is 4.74 Å². The number of esters is 1. The molecule has 0 heterocycles. The van der Waals surface area contributed by atoms with Gasteiger partial charge in [0.15, 0.2) is 0 Å². The van der Waals surface area contributed by atoms with Gasteiger partial charge in [-0.1, -0.05) is 6.07 Å². The number of carbonyl (C=O) groups is 1. The van der Waals surface area contributed by atoms with E-state index in [2.05, 4.69) is 9.73 Å². The first-order valence-corrected chi connectivity index (χ1v) is 5.78. The van der Waals surface area contributed by atoms with E-state index in [-0.39, 0.29) is 11.3 Å². The molecule has 1 rings (SSSR count). The molecule has 0 saturated heterocycles. The number of carbonyl (C=O) groups excluding carboxylic acids is 2. The minimum atomic E-state index is -4.12.